The van der Waals surface area contributed by atoms with Crippen LogP contribution in [-0.2, 0) is 6.54 Å². The first-order chi connectivity index (χ1) is 10.4. The van der Waals surface area contributed by atoms with Gasteiger partial charge in [-0.25, -0.2) is 0 Å². The Morgan fingerprint density at radius 2 is 1.86 bits per heavy atom. The van der Waals surface area contributed by atoms with E-state index < -0.39 is 0 Å². The molecule has 4 aromatic rings. The first kappa shape index (κ1) is 11.9. The van der Waals surface area contributed by atoms with E-state index in [2.05, 4.69) is 44.8 Å². The molecule has 0 saturated heterocycles. The third-order valence-corrected chi connectivity index (χ3v) is 3.70. The summed E-state index contributed by atoms with van der Waals surface area (Å²) < 4.78 is 0. The molecule has 2 aromatic heterocycles. The number of nitrogens with one attached hydrogen (secondary N) is 2. The maximum atomic E-state index is 4.32. The van der Waals surface area contributed by atoms with Crippen LogP contribution in [0.3, 0.4) is 0 Å². The van der Waals surface area contributed by atoms with Gasteiger partial charge < -0.3 is 5.32 Å². The molecule has 0 saturated carbocycles. The van der Waals surface area contributed by atoms with Crippen LogP contribution in [0.5, 0.6) is 0 Å². The van der Waals surface area contributed by atoms with E-state index in [1.54, 1.807) is 0 Å². The van der Waals surface area contributed by atoms with Gasteiger partial charge in [-0.05, 0) is 23.1 Å². The Hall–Kier alpha value is -2.88. The number of nitrogens with zero attached hydrogens (tertiary/aromatic N) is 2. The van der Waals surface area contributed by atoms with Crippen LogP contribution in [0.2, 0.25) is 0 Å². The Bertz CT molecular complexity index is 905. The van der Waals surface area contributed by atoms with Gasteiger partial charge in [-0.1, -0.05) is 30.3 Å². The zero-order chi connectivity index (χ0) is 14.1. The Morgan fingerprint density at radius 3 is 2.86 bits per heavy atom. The molecule has 2 heterocycles. The van der Waals surface area contributed by atoms with Gasteiger partial charge in [0.05, 0.1) is 11.7 Å². The van der Waals surface area contributed by atoms with Crippen molar-refractivity contribution >= 4 is 27.4 Å². The fraction of sp³-hybridized carbons (Fsp3) is 0.0588. The van der Waals surface area contributed by atoms with E-state index in [0.717, 1.165) is 23.1 Å². The molecule has 21 heavy (non-hydrogen) atoms. The number of aromatic amines is 1. The van der Waals surface area contributed by atoms with Crippen LogP contribution < -0.4 is 5.32 Å². The lowest BCUT2D eigenvalue weighted by molar-refractivity contribution is 1.12. The van der Waals surface area contributed by atoms with Crippen LogP contribution in [0.1, 0.15) is 5.56 Å². The zero-order valence-corrected chi connectivity index (χ0v) is 11.4. The fourth-order valence-electron chi connectivity index (χ4n) is 2.63. The summed E-state index contributed by atoms with van der Waals surface area (Å²) in [6, 6.07) is 14.4. The van der Waals surface area contributed by atoms with Gasteiger partial charge in [-0.15, -0.1) is 0 Å². The van der Waals surface area contributed by atoms with Crippen LogP contribution in [0.25, 0.3) is 21.7 Å². The molecule has 0 unspecified atom stereocenters. The molecule has 102 valence electrons. The minimum atomic E-state index is 0.735. The Morgan fingerprint density at radius 1 is 0.905 bits per heavy atom. The third kappa shape index (κ3) is 2.10. The quantitative estimate of drug-likeness (QED) is 0.598. The molecule has 0 amide bonds. The molecule has 0 aliphatic heterocycles. The third-order valence-electron chi connectivity index (χ3n) is 3.70. The molecule has 4 rings (SSSR count). The van der Waals surface area contributed by atoms with Crippen molar-refractivity contribution < 1.29 is 0 Å². The van der Waals surface area contributed by atoms with E-state index in [9.17, 15) is 0 Å². The molecule has 0 aliphatic rings. The molecule has 0 fully saturated rings. The first-order valence-corrected chi connectivity index (χ1v) is 6.89. The maximum absolute atomic E-state index is 4.32. The van der Waals surface area contributed by atoms with Crippen molar-refractivity contribution in [2.45, 2.75) is 6.54 Å². The maximum Gasteiger partial charge on any atom is 0.0671 e. The molecule has 4 heteroatoms. The van der Waals surface area contributed by atoms with E-state index in [1.165, 1.54) is 16.3 Å². The number of fused-ring (bicyclic) bond motifs is 2. The molecular formula is C17H14N4. The second-order valence-electron chi connectivity index (χ2n) is 5.01. The topological polar surface area (TPSA) is 53.6 Å². The molecule has 0 bridgehead atoms. The van der Waals surface area contributed by atoms with Crippen molar-refractivity contribution in [2.24, 2.45) is 0 Å². The summed E-state index contributed by atoms with van der Waals surface area (Å²) >= 11 is 0. The number of anilines is 1. The lowest BCUT2D eigenvalue weighted by atomic mass is 10.1. The van der Waals surface area contributed by atoms with Gasteiger partial charge in [-0.2, -0.15) is 5.10 Å². The second kappa shape index (κ2) is 4.90. The van der Waals surface area contributed by atoms with E-state index in [1.807, 2.05) is 36.8 Å². The Labute approximate surface area is 121 Å². The van der Waals surface area contributed by atoms with Crippen molar-refractivity contribution in [2.75, 3.05) is 5.32 Å². The molecule has 0 radical (unpaired) electrons. The summed E-state index contributed by atoms with van der Waals surface area (Å²) in [5.41, 5.74) is 3.30. The number of benzene rings is 2. The average Bonchev–Trinajstić information content (AvgIpc) is 3.02. The molecule has 2 aromatic carbocycles. The van der Waals surface area contributed by atoms with Gasteiger partial charge in [0.1, 0.15) is 0 Å². The lowest BCUT2D eigenvalue weighted by Gasteiger charge is -2.09. The largest absolute Gasteiger partial charge is 0.380 e. The highest BCUT2D eigenvalue weighted by atomic mass is 15.1. The summed E-state index contributed by atoms with van der Waals surface area (Å²) in [6.45, 7) is 0.735. The van der Waals surface area contributed by atoms with Gasteiger partial charge in [0.25, 0.3) is 0 Å². The van der Waals surface area contributed by atoms with Crippen molar-refractivity contribution in [1.82, 2.24) is 15.2 Å². The minimum absolute atomic E-state index is 0.735. The number of rotatable bonds is 3. The predicted molar refractivity (Wildman–Crippen MR) is 85.2 cm³/mol. The summed E-state index contributed by atoms with van der Waals surface area (Å²) in [7, 11) is 0. The number of pyridine rings is 1. The Kier molecular flexibility index (Phi) is 2.78. The standard InChI is InChI=1S/C17H14N4/c1-2-5-14-12(4-1)8-18-9-13(14)10-19-16-6-3-7-17-15(16)11-20-21-17/h1-9,11,19H,10H2,(H,20,21). The number of hydrogen-bond acceptors (Lipinski definition) is 3. The SMILES string of the molecule is c1ccc2c(CNc3cccc4[nH]ncc34)cncc2c1. The van der Waals surface area contributed by atoms with Crippen LogP contribution >= 0.6 is 0 Å². The fourth-order valence-corrected chi connectivity index (χ4v) is 2.63. The highest BCUT2D eigenvalue weighted by Gasteiger charge is 2.04. The van der Waals surface area contributed by atoms with E-state index >= 15 is 0 Å². The van der Waals surface area contributed by atoms with Gasteiger partial charge >= 0.3 is 0 Å². The molecule has 0 spiro atoms. The summed E-state index contributed by atoms with van der Waals surface area (Å²) in [4.78, 5) is 4.32. The van der Waals surface area contributed by atoms with E-state index in [-0.39, 0.29) is 0 Å². The van der Waals surface area contributed by atoms with Crippen molar-refractivity contribution in [3.63, 3.8) is 0 Å². The van der Waals surface area contributed by atoms with Crippen molar-refractivity contribution in [3.8, 4) is 0 Å². The molecule has 0 atom stereocenters. The van der Waals surface area contributed by atoms with Crippen LogP contribution in [0.4, 0.5) is 5.69 Å². The first-order valence-electron chi connectivity index (χ1n) is 6.89. The second-order valence-corrected chi connectivity index (χ2v) is 5.01. The zero-order valence-electron chi connectivity index (χ0n) is 11.4. The average molecular weight is 274 g/mol. The number of aromatic nitrogens is 3. The molecule has 4 nitrogen and oxygen atoms in total. The van der Waals surface area contributed by atoms with Crippen molar-refractivity contribution in [1.29, 1.82) is 0 Å². The van der Waals surface area contributed by atoms with Crippen LogP contribution in [0.15, 0.2) is 61.1 Å². The molecule has 2 N–H and O–H groups in total. The minimum Gasteiger partial charge on any atom is -0.380 e. The molecular weight excluding hydrogens is 260 g/mol. The van der Waals surface area contributed by atoms with E-state index in [4.69, 9.17) is 0 Å². The van der Waals surface area contributed by atoms with Gasteiger partial charge in [-0.3, -0.25) is 10.1 Å². The van der Waals surface area contributed by atoms with Crippen LogP contribution in [-0.4, -0.2) is 15.2 Å². The van der Waals surface area contributed by atoms with E-state index in [0.29, 0.717) is 0 Å². The Balaban J connectivity index is 1.68. The summed E-state index contributed by atoms with van der Waals surface area (Å²) in [6.07, 6.45) is 5.67. The number of H-pyrrole nitrogens is 1. The summed E-state index contributed by atoms with van der Waals surface area (Å²) in [5, 5.41) is 14.1. The number of hydrogen-bond donors (Lipinski definition) is 2. The van der Waals surface area contributed by atoms with Gasteiger partial charge in [0.2, 0.25) is 0 Å². The van der Waals surface area contributed by atoms with Crippen molar-refractivity contribution in [3.05, 3.63) is 66.6 Å². The monoisotopic (exact) mass is 274 g/mol. The molecule has 0 aliphatic carbocycles. The smallest absolute Gasteiger partial charge is 0.0671 e. The van der Waals surface area contributed by atoms with Crippen LogP contribution in [0, 0.1) is 0 Å². The highest BCUT2D eigenvalue weighted by molar-refractivity contribution is 5.91. The highest BCUT2D eigenvalue weighted by Crippen LogP contribution is 2.23. The predicted octanol–water partition coefficient (Wildman–Crippen LogP) is 3.72. The normalized spacial score (nSPS) is 11.0. The van der Waals surface area contributed by atoms with Gasteiger partial charge in [0, 0.05) is 35.4 Å². The van der Waals surface area contributed by atoms with Gasteiger partial charge in [0.15, 0.2) is 0 Å². The lowest BCUT2D eigenvalue weighted by Crippen LogP contribution is -2.01. The summed E-state index contributed by atoms with van der Waals surface area (Å²) in [5.74, 6) is 0.